The Balaban J connectivity index is 0.000000688. The van der Waals surface area contributed by atoms with E-state index in [2.05, 4.69) is 35.1 Å². The smallest absolute Gasteiger partial charge is 0.414 e. The number of hydrogen-bond acceptors (Lipinski definition) is 4. The van der Waals surface area contributed by atoms with Crippen LogP contribution in [0.2, 0.25) is 5.02 Å². The number of aliphatic carboxylic acids is 2. The molecule has 8 heteroatoms. The van der Waals surface area contributed by atoms with Crippen molar-refractivity contribution >= 4 is 39.5 Å². The molecular formula is C15H21BrClNO5. The summed E-state index contributed by atoms with van der Waals surface area (Å²) in [5.41, 5.74) is 0. The first-order valence-electron chi connectivity index (χ1n) is 7.01. The molecule has 0 unspecified atom stereocenters. The first-order chi connectivity index (χ1) is 10.7. The van der Waals surface area contributed by atoms with Crippen LogP contribution in [0.25, 0.3) is 0 Å². The zero-order valence-electron chi connectivity index (χ0n) is 13.0. The Hall–Kier alpha value is -1.31. The first kappa shape index (κ1) is 21.7. The van der Waals surface area contributed by atoms with Crippen molar-refractivity contribution in [3.8, 4) is 5.75 Å². The zero-order chi connectivity index (χ0) is 17.8. The average molecular weight is 411 g/mol. The lowest BCUT2D eigenvalue weighted by Gasteiger charge is -2.09. The minimum absolute atomic E-state index is 0.553. The molecule has 0 aliphatic rings. The van der Waals surface area contributed by atoms with E-state index in [9.17, 15) is 0 Å². The molecule has 1 aromatic rings. The summed E-state index contributed by atoms with van der Waals surface area (Å²) in [6, 6.07) is 6.22. The van der Waals surface area contributed by atoms with Crippen LogP contribution in [0.1, 0.15) is 26.7 Å². The van der Waals surface area contributed by atoms with E-state index in [1.165, 1.54) is 0 Å². The molecule has 1 rings (SSSR count). The SMILES string of the molecule is CC(C)NCCCCOc1ccc(Br)cc1Cl.O=C(O)C(=O)O. The second kappa shape index (κ2) is 12.2. The van der Waals surface area contributed by atoms with Crippen molar-refractivity contribution in [3.63, 3.8) is 0 Å². The minimum atomic E-state index is -1.82. The maximum atomic E-state index is 9.10. The lowest BCUT2D eigenvalue weighted by Crippen LogP contribution is -2.23. The fourth-order valence-corrected chi connectivity index (χ4v) is 2.12. The summed E-state index contributed by atoms with van der Waals surface area (Å²) in [6.45, 7) is 6.05. The third-order valence-corrected chi connectivity index (χ3v) is 3.25. The van der Waals surface area contributed by atoms with Crippen LogP contribution in [-0.4, -0.2) is 41.3 Å². The molecule has 6 nitrogen and oxygen atoms in total. The van der Waals surface area contributed by atoms with E-state index in [0.29, 0.717) is 17.7 Å². The van der Waals surface area contributed by atoms with Gasteiger partial charge in [0.1, 0.15) is 5.75 Å². The predicted octanol–water partition coefficient (Wildman–Crippen LogP) is 3.42. The quantitative estimate of drug-likeness (QED) is 0.471. The van der Waals surface area contributed by atoms with Gasteiger partial charge in [-0.3, -0.25) is 0 Å². The third kappa shape index (κ3) is 11.9. The maximum absolute atomic E-state index is 9.10. The van der Waals surface area contributed by atoms with Gasteiger partial charge in [0.05, 0.1) is 11.6 Å². The molecular weight excluding hydrogens is 390 g/mol. The number of unbranched alkanes of at least 4 members (excludes halogenated alkanes) is 1. The Morgan fingerprint density at radius 3 is 2.35 bits per heavy atom. The molecule has 0 spiro atoms. The number of hydrogen-bond donors (Lipinski definition) is 3. The maximum Gasteiger partial charge on any atom is 0.414 e. The number of benzene rings is 1. The molecule has 23 heavy (non-hydrogen) atoms. The Kier molecular flexibility index (Phi) is 11.5. The van der Waals surface area contributed by atoms with Crippen molar-refractivity contribution in [2.45, 2.75) is 32.7 Å². The van der Waals surface area contributed by atoms with Gasteiger partial charge in [-0.1, -0.05) is 41.4 Å². The van der Waals surface area contributed by atoms with Gasteiger partial charge in [0.15, 0.2) is 0 Å². The first-order valence-corrected chi connectivity index (χ1v) is 8.18. The van der Waals surface area contributed by atoms with Crippen LogP contribution in [0, 0.1) is 0 Å². The van der Waals surface area contributed by atoms with Gasteiger partial charge in [-0.05, 0) is 37.6 Å². The van der Waals surface area contributed by atoms with E-state index in [0.717, 1.165) is 29.6 Å². The fourth-order valence-electron chi connectivity index (χ4n) is 1.39. The van der Waals surface area contributed by atoms with Crippen LogP contribution in [0.3, 0.4) is 0 Å². The summed E-state index contributed by atoms with van der Waals surface area (Å²) in [5, 5.41) is 18.8. The molecule has 3 N–H and O–H groups in total. The summed E-state index contributed by atoms with van der Waals surface area (Å²) < 4.78 is 6.59. The van der Waals surface area contributed by atoms with Crippen molar-refractivity contribution in [2.75, 3.05) is 13.2 Å². The van der Waals surface area contributed by atoms with Gasteiger partial charge in [0.25, 0.3) is 0 Å². The van der Waals surface area contributed by atoms with Crippen LogP contribution in [-0.2, 0) is 9.59 Å². The third-order valence-electron chi connectivity index (χ3n) is 2.46. The summed E-state index contributed by atoms with van der Waals surface area (Å²) in [4.78, 5) is 18.2. The lowest BCUT2D eigenvalue weighted by molar-refractivity contribution is -0.159. The summed E-state index contributed by atoms with van der Waals surface area (Å²) >= 11 is 9.41. The lowest BCUT2D eigenvalue weighted by atomic mass is 10.3. The molecule has 0 saturated heterocycles. The topological polar surface area (TPSA) is 95.9 Å². The van der Waals surface area contributed by atoms with E-state index in [-0.39, 0.29) is 0 Å². The molecule has 0 heterocycles. The van der Waals surface area contributed by atoms with Gasteiger partial charge in [0, 0.05) is 10.5 Å². The zero-order valence-corrected chi connectivity index (χ0v) is 15.4. The largest absolute Gasteiger partial charge is 0.492 e. The summed E-state index contributed by atoms with van der Waals surface area (Å²) in [5.74, 6) is -2.89. The second-order valence-corrected chi connectivity index (χ2v) is 6.17. The molecule has 0 saturated carbocycles. The van der Waals surface area contributed by atoms with Gasteiger partial charge in [-0.2, -0.15) is 0 Å². The summed E-state index contributed by atoms with van der Waals surface area (Å²) in [6.07, 6.45) is 2.15. The standard InChI is InChI=1S/C13H19BrClNO.C2H2O4/c1-10(2)16-7-3-4-8-17-13-6-5-11(14)9-12(13)15;3-1(4)2(5)6/h5-6,9-10,16H,3-4,7-8H2,1-2H3;(H,3,4)(H,5,6). The van der Waals surface area contributed by atoms with Crippen LogP contribution in [0.5, 0.6) is 5.75 Å². The van der Waals surface area contributed by atoms with Gasteiger partial charge in [-0.25, -0.2) is 9.59 Å². The number of ether oxygens (including phenoxy) is 1. The minimum Gasteiger partial charge on any atom is -0.492 e. The average Bonchev–Trinajstić information content (AvgIpc) is 2.44. The highest BCUT2D eigenvalue weighted by Crippen LogP contribution is 2.27. The Morgan fingerprint density at radius 2 is 1.87 bits per heavy atom. The van der Waals surface area contributed by atoms with E-state index in [1.807, 2.05) is 18.2 Å². The summed E-state index contributed by atoms with van der Waals surface area (Å²) in [7, 11) is 0. The Bertz CT molecular complexity index is 499. The van der Waals surface area contributed by atoms with E-state index in [4.69, 9.17) is 36.1 Å². The number of rotatable bonds is 7. The number of nitrogens with one attached hydrogen (secondary N) is 1. The fraction of sp³-hybridized carbons (Fsp3) is 0.467. The highest BCUT2D eigenvalue weighted by atomic mass is 79.9. The molecule has 0 bridgehead atoms. The highest BCUT2D eigenvalue weighted by Gasteiger charge is 2.04. The monoisotopic (exact) mass is 409 g/mol. The van der Waals surface area contributed by atoms with Crippen LogP contribution >= 0.6 is 27.5 Å². The normalized spacial score (nSPS) is 9.96. The molecule has 0 atom stereocenters. The number of carboxylic acids is 2. The van der Waals surface area contributed by atoms with E-state index in [1.54, 1.807) is 0 Å². The van der Waals surface area contributed by atoms with Crippen molar-refractivity contribution < 1.29 is 24.5 Å². The van der Waals surface area contributed by atoms with Gasteiger partial charge in [0.2, 0.25) is 0 Å². The molecule has 1 aromatic carbocycles. The second-order valence-electron chi connectivity index (χ2n) is 4.85. The van der Waals surface area contributed by atoms with Crippen LogP contribution < -0.4 is 10.1 Å². The molecule has 0 aromatic heterocycles. The van der Waals surface area contributed by atoms with Gasteiger partial charge >= 0.3 is 11.9 Å². The molecule has 0 fully saturated rings. The molecule has 0 radical (unpaired) electrons. The Labute approximate surface area is 148 Å². The molecule has 130 valence electrons. The van der Waals surface area contributed by atoms with Crippen molar-refractivity contribution in [1.82, 2.24) is 5.32 Å². The highest BCUT2D eigenvalue weighted by molar-refractivity contribution is 9.10. The number of carboxylic acid groups (broad SMARTS) is 2. The van der Waals surface area contributed by atoms with Crippen molar-refractivity contribution in [1.29, 1.82) is 0 Å². The van der Waals surface area contributed by atoms with Crippen molar-refractivity contribution in [2.24, 2.45) is 0 Å². The Morgan fingerprint density at radius 1 is 1.26 bits per heavy atom. The van der Waals surface area contributed by atoms with E-state index < -0.39 is 11.9 Å². The number of halogens is 2. The van der Waals surface area contributed by atoms with Gasteiger partial charge in [-0.15, -0.1) is 0 Å². The van der Waals surface area contributed by atoms with Crippen molar-refractivity contribution in [3.05, 3.63) is 27.7 Å². The molecule has 0 amide bonds. The van der Waals surface area contributed by atoms with E-state index >= 15 is 0 Å². The van der Waals surface area contributed by atoms with Crippen LogP contribution in [0.4, 0.5) is 0 Å². The molecule has 0 aliphatic heterocycles. The molecule has 0 aliphatic carbocycles. The number of carbonyl (C=O) groups is 2. The van der Waals surface area contributed by atoms with Crippen LogP contribution in [0.15, 0.2) is 22.7 Å². The predicted molar refractivity (Wildman–Crippen MR) is 92.3 cm³/mol. The van der Waals surface area contributed by atoms with Gasteiger partial charge < -0.3 is 20.3 Å².